The highest BCUT2D eigenvalue weighted by Crippen LogP contribution is 2.29. The molecule has 35 heavy (non-hydrogen) atoms. The molecule has 0 saturated heterocycles. The molecule has 172 valence electrons. The molecule has 0 unspecified atom stereocenters. The van der Waals surface area contributed by atoms with E-state index in [0.29, 0.717) is 39.6 Å². The molecule has 3 N–H and O–H groups in total. The van der Waals surface area contributed by atoms with E-state index < -0.39 is 5.82 Å². The molecule has 6 rings (SSSR count). The van der Waals surface area contributed by atoms with Crippen molar-refractivity contribution in [2.24, 2.45) is 7.05 Å². The number of carbonyl (C=O) groups is 1. The first-order chi connectivity index (χ1) is 17.0. The second-order valence-corrected chi connectivity index (χ2v) is 7.93. The number of amides is 1. The summed E-state index contributed by atoms with van der Waals surface area (Å²) >= 11 is 0. The molecule has 4 heterocycles. The van der Waals surface area contributed by atoms with Gasteiger partial charge in [-0.25, -0.2) is 14.1 Å². The van der Waals surface area contributed by atoms with Gasteiger partial charge >= 0.3 is 0 Å². The molecular weight excluding hydrogens is 449 g/mol. The van der Waals surface area contributed by atoms with Gasteiger partial charge in [-0.15, -0.1) is 5.10 Å². The van der Waals surface area contributed by atoms with Crippen LogP contribution in [0.25, 0.3) is 27.6 Å². The number of hydrogen-bond donors (Lipinski definition) is 3. The van der Waals surface area contributed by atoms with Gasteiger partial charge in [-0.3, -0.25) is 14.6 Å². The van der Waals surface area contributed by atoms with E-state index in [4.69, 9.17) is 5.10 Å². The van der Waals surface area contributed by atoms with Crippen molar-refractivity contribution in [2.75, 3.05) is 10.6 Å². The Morgan fingerprint density at radius 1 is 1.09 bits per heavy atom. The number of aromatic nitrogens is 7. The lowest BCUT2D eigenvalue weighted by atomic mass is 10.2. The minimum atomic E-state index is -0.412. The lowest BCUT2D eigenvalue weighted by Crippen LogP contribution is -2.13. The molecule has 0 fully saturated rings. The maximum absolute atomic E-state index is 14.5. The molecule has 0 aliphatic heterocycles. The third kappa shape index (κ3) is 3.74. The fourth-order valence-electron chi connectivity index (χ4n) is 3.89. The smallest absolute Gasteiger partial charge is 0.260 e. The molecule has 0 bridgehead atoms. The van der Waals surface area contributed by atoms with Crippen molar-refractivity contribution >= 4 is 45.0 Å². The summed E-state index contributed by atoms with van der Waals surface area (Å²) in [5.74, 6) is 0.694. The molecule has 2 aromatic carbocycles. The van der Waals surface area contributed by atoms with Crippen molar-refractivity contribution in [1.82, 2.24) is 34.7 Å². The summed E-state index contributed by atoms with van der Waals surface area (Å²) in [5, 5.41) is 22.7. The summed E-state index contributed by atoms with van der Waals surface area (Å²) < 4.78 is 17.7. The average molecular weight is 467 g/mol. The van der Waals surface area contributed by atoms with Gasteiger partial charge in [0.05, 0.1) is 23.5 Å². The molecule has 0 atom stereocenters. The van der Waals surface area contributed by atoms with E-state index in [1.54, 1.807) is 53.1 Å². The zero-order valence-corrected chi connectivity index (χ0v) is 18.4. The van der Waals surface area contributed by atoms with Gasteiger partial charge in [-0.2, -0.15) is 10.2 Å². The fourth-order valence-corrected chi connectivity index (χ4v) is 3.89. The molecule has 6 aromatic rings. The van der Waals surface area contributed by atoms with E-state index in [1.165, 1.54) is 12.3 Å². The second-order valence-electron chi connectivity index (χ2n) is 7.93. The molecule has 0 aliphatic carbocycles. The van der Waals surface area contributed by atoms with Crippen molar-refractivity contribution in [1.29, 1.82) is 0 Å². The third-order valence-corrected chi connectivity index (χ3v) is 5.51. The summed E-state index contributed by atoms with van der Waals surface area (Å²) in [6, 6.07) is 16.1. The van der Waals surface area contributed by atoms with Gasteiger partial charge in [0.25, 0.3) is 5.91 Å². The highest BCUT2D eigenvalue weighted by molar-refractivity contribution is 6.03. The summed E-state index contributed by atoms with van der Waals surface area (Å²) in [6.07, 6.45) is 4.68. The Bertz CT molecular complexity index is 1710. The Morgan fingerprint density at radius 3 is 2.83 bits per heavy atom. The summed E-state index contributed by atoms with van der Waals surface area (Å²) in [4.78, 5) is 17.1. The van der Waals surface area contributed by atoms with Crippen LogP contribution in [0.4, 0.5) is 21.7 Å². The topological polar surface area (TPSA) is 118 Å². The number of benzene rings is 2. The molecule has 10 nitrogen and oxygen atoms in total. The maximum atomic E-state index is 14.5. The predicted molar refractivity (Wildman–Crippen MR) is 129 cm³/mol. The van der Waals surface area contributed by atoms with Gasteiger partial charge in [0.1, 0.15) is 11.3 Å². The number of rotatable bonds is 5. The number of anilines is 3. The number of hydrogen-bond acceptors (Lipinski definition) is 6. The van der Waals surface area contributed by atoms with Crippen molar-refractivity contribution in [3.05, 3.63) is 84.6 Å². The number of pyridine rings is 1. The quantitative estimate of drug-likeness (QED) is 0.350. The number of carbonyl (C=O) groups excluding carboxylic acids is 1. The number of aryl methyl sites for hydroxylation is 1. The molecule has 0 radical (unpaired) electrons. The van der Waals surface area contributed by atoms with Crippen LogP contribution in [0.5, 0.6) is 0 Å². The number of aromatic amines is 1. The van der Waals surface area contributed by atoms with Gasteiger partial charge in [0.15, 0.2) is 17.5 Å². The average Bonchev–Trinajstić information content (AvgIpc) is 3.59. The molecular formula is C24H18FN9O. The fraction of sp³-hybridized carbons (Fsp3) is 0.0417. The van der Waals surface area contributed by atoms with E-state index in [-0.39, 0.29) is 5.91 Å². The zero-order chi connectivity index (χ0) is 23.9. The lowest BCUT2D eigenvalue weighted by molar-refractivity contribution is 0.102. The van der Waals surface area contributed by atoms with Gasteiger partial charge < -0.3 is 10.6 Å². The number of para-hydroxylation sites is 1. The molecule has 0 saturated carbocycles. The first-order valence-electron chi connectivity index (χ1n) is 10.7. The van der Waals surface area contributed by atoms with Gasteiger partial charge in [-0.05, 0) is 36.4 Å². The first kappa shape index (κ1) is 20.5. The van der Waals surface area contributed by atoms with E-state index in [1.807, 2.05) is 24.3 Å². The van der Waals surface area contributed by atoms with Crippen molar-refractivity contribution < 1.29 is 9.18 Å². The largest absolute Gasteiger partial charge is 0.338 e. The number of nitrogens with zero attached hydrogens (tertiary/aromatic N) is 6. The summed E-state index contributed by atoms with van der Waals surface area (Å²) in [6.45, 7) is 0. The van der Waals surface area contributed by atoms with Crippen LogP contribution in [0.15, 0.2) is 73.2 Å². The lowest BCUT2D eigenvalue weighted by Gasteiger charge is -2.07. The van der Waals surface area contributed by atoms with Gasteiger partial charge in [0, 0.05) is 29.7 Å². The number of halogens is 1. The van der Waals surface area contributed by atoms with E-state index >= 15 is 0 Å². The third-order valence-electron chi connectivity index (χ3n) is 5.51. The van der Waals surface area contributed by atoms with Crippen LogP contribution in [0.2, 0.25) is 0 Å². The van der Waals surface area contributed by atoms with Crippen LogP contribution in [0.1, 0.15) is 10.4 Å². The summed E-state index contributed by atoms with van der Waals surface area (Å²) in [5.41, 5.74) is 2.11. The van der Waals surface area contributed by atoms with Crippen LogP contribution in [-0.2, 0) is 7.05 Å². The van der Waals surface area contributed by atoms with E-state index in [9.17, 15) is 9.18 Å². The normalized spacial score (nSPS) is 11.3. The van der Waals surface area contributed by atoms with Crippen LogP contribution in [0, 0.1) is 5.82 Å². The molecule has 11 heteroatoms. The van der Waals surface area contributed by atoms with Crippen LogP contribution in [0.3, 0.4) is 0 Å². The summed E-state index contributed by atoms with van der Waals surface area (Å²) in [7, 11) is 1.74. The Kier molecular flexibility index (Phi) is 4.73. The van der Waals surface area contributed by atoms with Crippen LogP contribution in [-0.4, -0.2) is 40.6 Å². The standard InChI is InChI=1S/C24H18FN9O/c1-33-13-15(12-27-33)24(35)30-20-7-4-8-21(29-20)34-19-6-3-2-5-17(19)23(32-34)28-16-9-14-11-26-31-22(14)18(25)10-16/h2-13H,1H3,(H,26,31)(H,28,32)(H,29,30,35). The molecule has 0 spiro atoms. The highest BCUT2D eigenvalue weighted by atomic mass is 19.1. The SMILES string of the molecule is Cn1cc(C(=O)Nc2cccc(-n3nc(Nc4cc(F)c5[nH]ncc5c4)c4ccccc43)n2)cn1. The second kappa shape index (κ2) is 8.06. The number of fused-ring (bicyclic) bond motifs is 2. The highest BCUT2D eigenvalue weighted by Gasteiger charge is 2.15. The van der Waals surface area contributed by atoms with E-state index in [2.05, 4.69) is 30.9 Å². The minimum absolute atomic E-state index is 0.313. The Morgan fingerprint density at radius 2 is 1.97 bits per heavy atom. The minimum Gasteiger partial charge on any atom is -0.338 e. The maximum Gasteiger partial charge on any atom is 0.260 e. The molecule has 4 aromatic heterocycles. The van der Waals surface area contributed by atoms with Gasteiger partial charge in [-0.1, -0.05) is 18.2 Å². The predicted octanol–water partition coefficient (Wildman–Crippen LogP) is 4.17. The Hall–Kier alpha value is -5.06. The Labute approximate surface area is 197 Å². The van der Waals surface area contributed by atoms with Crippen LogP contribution < -0.4 is 10.6 Å². The van der Waals surface area contributed by atoms with Crippen molar-refractivity contribution in [2.45, 2.75) is 0 Å². The van der Waals surface area contributed by atoms with Crippen molar-refractivity contribution in [3.63, 3.8) is 0 Å². The monoisotopic (exact) mass is 467 g/mol. The first-order valence-corrected chi connectivity index (χ1v) is 10.7. The van der Waals surface area contributed by atoms with Gasteiger partial charge in [0.2, 0.25) is 0 Å². The van der Waals surface area contributed by atoms with E-state index in [0.717, 1.165) is 10.9 Å². The number of nitrogens with one attached hydrogen (secondary N) is 3. The number of H-pyrrole nitrogens is 1. The molecule has 0 aliphatic rings. The molecule has 1 amide bonds. The Balaban J connectivity index is 1.36. The zero-order valence-electron chi connectivity index (χ0n) is 18.4. The van der Waals surface area contributed by atoms with Crippen LogP contribution >= 0.6 is 0 Å². The van der Waals surface area contributed by atoms with Crippen molar-refractivity contribution in [3.8, 4) is 5.82 Å².